The number of benzene rings is 1. The minimum Gasteiger partial charge on any atom is -0.297 e. The van der Waals surface area contributed by atoms with Gasteiger partial charge in [-0.25, -0.2) is 4.98 Å². The summed E-state index contributed by atoms with van der Waals surface area (Å²) >= 11 is 1.54. The molecule has 2 heterocycles. The zero-order valence-corrected chi connectivity index (χ0v) is 13.4. The van der Waals surface area contributed by atoms with Crippen LogP contribution in [0.4, 0.5) is 4.39 Å². The molecule has 0 saturated heterocycles. The molecule has 1 unspecified atom stereocenters. The van der Waals surface area contributed by atoms with Crippen molar-refractivity contribution in [2.45, 2.75) is 13.3 Å². The van der Waals surface area contributed by atoms with Crippen LogP contribution in [0.3, 0.4) is 0 Å². The molecule has 0 saturated carbocycles. The Morgan fingerprint density at radius 1 is 1.32 bits per heavy atom. The molecule has 1 atom stereocenters. The van der Waals surface area contributed by atoms with Gasteiger partial charge in [-0.1, -0.05) is 43.3 Å². The van der Waals surface area contributed by atoms with Gasteiger partial charge in [-0.3, -0.25) is 10.4 Å². The summed E-state index contributed by atoms with van der Waals surface area (Å²) in [4.78, 5) is 4.64. The van der Waals surface area contributed by atoms with E-state index in [0.29, 0.717) is 11.3 Å². The molecule has 3 nitrogen and oxygen atoms in total. The minimum absolute atomic E-state index is 0.0724. The van der Waals surface area contributed by atoms with Crippen LogP contribution in [-0.4, -0.2) is 17.0 Å². The van der Waals surface area contributed by atoms with E-state index < -0.39 is 0 Å². The van der Waals surface area contributed by atoms with Crippen molar-refractivity contribution in [1.82, 2.24) is 15.4 Å². The Hall–Kier alpha value is -2.14. The Morgan fingerprint density at radius 2 is 2.09 bits per heavy atom. The molecule has 3 rings (SSSR count). The Balaban J connectivity index is 1.97. The minimum atomic E-state index is -0.329. The fourth-order valence-electron chi connectivity index (χ4n) is 2.49. The number of aromatic nitrogens is 1. The molecule has 1 aliphatic heterocycles. The number of halogens is 1. The van der Waals surface area contributed by atoms with Crippen LogP contribution in [0.1, 0.15) is 19.0 Å². The van der Waals surface area contributed by atoms with E-state index in [0.717, 1.165) is 17.0 Å². The van der Waals surface area contributed by atoms with E-state index in [1.807, 2.05) is 54.9 Å². The quantitative estimate of drug-likeness (QED) is 0.831. The van der Waals surface area contributed by atoms with Gasteiger partial charge in [0.25, 0.3) is 0 Å². The number of hydrogen-bond donors (Lipinski definition) is 1. The smallest absolute Gasteiger partial charge is 0.211 e. The topological polar surface area (TPSA) is 28.2 Å². The highest BCUT2D eigenvalue weighted by molar-refractivity contribution is 7.13. The van der Waals surface area contributed by atoms with Gasteiger partial charge in [0.05, 0.1) is 5.69 Å². The second-order valence-electron chi connectivity index (χ2n) is 5.38. The van der Waals surface area contributed by atoms with Crippen molar-refractivity contribution in [2.24, 2.45) is 5.92 Å². The Morgan fingerprint density at radius 3 is 2.86 bits per heavy atom. The molecule has 0 aliphatic carbocycles. The third-order valence-corrected chi connectivity index (χ3v) is 4.51. The molecule has 5 heteroatoms. The number of nitrogens with zero attached hydrogens (tertiary/aromatic N) is 2. The molecular weight excluding hydrogens is 297 g/mol. The molecular formula is C17H18FN3S. The molecule has 0 fully saturated rings. The van der Waals surface area contributed by atoms with Crippen LogP contribution in [0.2, 0.25) is 0 Å². The highest BCUT2D eigenvalue weighted by atomic mass is 32.1. The second-order valence-corrected chi connectivity index (χ2v) is 6.23. The number of nitrogens with one attached hydrogen (secondary N) is 1. The van der Waals surface area contributed by atoms with Gasteiger partial charge in [0.2, 0.25) is 5.95 Å². The van der Waals surface area contributed by atoms with Crippen molar-refractivity contribution in [3.63, 3.8) is 0 Å². The largest absolute Gasteiger partial charge is 0.297 e. The van der Waals surface area contributed by atoms with Crippen molar-refractivity contribution >= 4 is 16.9 Å². The van der Waals surface area contributed by atoms with Gasteiger partial charge < -0.3 is 0 Å². The molecule has 2 aromatic rings. The number of hydrazine groups is 1. The van der Waals surface area contributed by atoms with Crippen molar-refractivity contribution in [3.05, 3.63) is 59.6 Å². The van der Waals surface area contributed by atoms with E-state index in [4.69, 9.17) is 0 Å². The van der Waals surface area contributed by atoms with Crippen LogP contribution < -0.4 is 5.43 Å². The molecule has 1 aliphatic rings. The van der Waals surface area contributed by atoms with Gasteiger partial charge in [0.1, 0.15) is 5.01 Å². The monoisotopic (exact) mass is 315 g/mol. The first kappa shape index (κ1) is 14.8. The van der Waals surface area contributed by atoms with Crippen LogP contribution in [-0.2, 0) is 0 Å². The predicted octanol–water partition coefficient (Wildman–Crippen LogP) is 4.44. The first-order valence-electron chi connectivity index (χ1n) is 7.22. The number of rotatable bonds is 2. The van der Waals surface area contributed by atoms with Gasteiger partial charge in [-0.15, -0.1) is 11.3 Å². The molecule has 0 radical (unpaired) electrons. The maximum absolute atomic E-state index is 14.5. The zero-order valence-electron chi connectivity index (χ0n) is 12.6. The summed E-state index contributed by atoms with van der Waals surface area (Å²) in [5.41, 5.74) is 5.14. The number of hydrogen-bond acceptors (Lipinski definition) is 4. The van der Waals surface area contributed by atoms with Crippen LogP contribution in [0.15, 0.2) is 53.9 Å². The summed E-state index contributed by atoms with van der Waals surface area (Å²) in [7, 11) is 1.78. The molecule has 22 heavy (non-hydrogen) atoms. The molecule has 0 amide bonds. The van der Waals surface area contributed by atoms with E-state index in [1.165, 1.54) is 0 Å². The van der Waals surface area contributed by atoms with E-state index in [1.54, 1.807) is 23.4 Å². The van der Waals surface area contributed by atoms with Crippen LogP contribution in [0.5, 0.6) is 0 Å². The van der Waals surface area contributed by atoms with E-state index in [-0.39, 0.29) is 11.9 Å². The van der Waals surface area contributed by atoms with E-state index in [9.17, 15) is 4.39 Å². The van der Waals surface area contributed by atoms with Gasteiger partial charge in [0, 0.05) is 29.8 Å². The Labute approximate surface area is 133 Å². The van der Waals surface area contributed by atoms with Crippen molar-refractivity contribution in [2.75, 3.05) is 7.05 Å². The van der Waals surface area contributed by atoms with Gasteiger partial charge in [0.15, 0.2) is 0 Å². The summed E-state index contributed by atoms with van der Waals surface area (Å²) in [5.74, 6) is -0.257. The van der Waals surface area contributed by atoms with Crippen molar-refractivity contribution in [1.29, 1.82) is 0 Å². The first-order chi connectivity index (χ1) is 10.6. The molecule has 0 spiro atoms. The van der Waals surface area contributed by atoms with Crippen molar-refractivity contribution in [3.8, 4) is 10.6 Å². The summed E-state index contributed by atoms with van der Waals surface area (Å²) < 4.78 is 14.5. The maximum Gasteiger partial charge on any atom is 0.211 e. The SMILES string of the molecule is CC1C/C=C\N(C)N/C(F)=C\1c1csc(-c2ccccc2)n1. The van der Waals surface area contributed by atoms with E-state index in [2.05, 4.69) is 10.4 Å². The van der Waals surface area contributed by atoms with Crippen LogP contribution >= 0.6 is 11.3 Å². The van der Waals surface area contributed by atoms with Gasteiger partial charge >= 0.3 is 0 Å². The van der Waals surface area contributed by atoms with Crippen LogP contribution in [0, 0.1) is 5.92 Å². The lowest BCUT2D eigenvalue weighted by Crippen LogP contribution is -2.29. The summed E-state index contributed by atoms with van der Waals surface area (Å²) in [6.07, 6.45) is 4.66. The molecule has 0 bridgehead atoms. The third kappa shape index (κ3) is 3.04. The number of thiazole rings is 1. The normalized spacial score (nSPS) is 23.6. The lowest BCUT2D eigenvalue weighted by atomic mass is 9.95. The average Bonchev–Trinajstić information content (AvgIpc) is 2.96. The van der Waals surface area contributed by atoms with Gasteiger partial charge in [-0.05, 0) is 12.3 Å². The molecule has 114 valence electrons. The van der Waals surface area contributed by atoms with E-state index >= 15 is 0 Å². The fourth-order valence-corrected chi connectivity index (χ4v) is 3.31. The summed E-state index contributed by atoms with van der Waals surface area (Å²) in [6, 6.07) is 9.97. The maximum atomic E-state index is 14.5. The Bertz CT molecular complexity index is 706. The lowest BCUT2D eigenvalue weighted by molar-refractivity contribution is 0.314. The molecule has 1 aromatic carbocycles. The van der Waals surface area contributed by atoms with Crippen molar-refractivity contribution < 1.29 is 4.39 Å². The average molecular weight is 315 g/mol. The Kier molecular flexibility index (Phi) is 4.24. The fraction of sp³-hybridized carbons (Fsp3) is 0.235. The number of allylic oxidation sites excluding steroid dienone is 2. The summed E-state index contributed by atoms with van der Waals surface area (Å²) in [5, 5.41) is 4.46. The highest BCUT2D eigenvalue weighted by Crippen LogP contribution is 2.33. The molecule has 1 N–H and O–H groups in total. The van der Waals surface area contributed by atoms with Crippen LogP contribution in [0.25, 0.3) is 16.1 Å². The highest BCUT2D eigenvalue weighted by Gasteiger charge is 2.21. The first-order valence-corrected chi connectivity index (χ1v) is 8.10. The predicted molar refractivity (Wildman–Crippen MR) is 89.4 cm³/mol. The summed E-state index contributed by atoms with van der Waals surface area (Å²) in [6.45, 7) is 2.02. The second kappa shape index (κ2) is 6.32. The molecule has 1 aromatic heterocycles. The van der Waals surface area contributed by atoms with Gasteiger partial charge in [-0.2, -0.15) is 4.39 Å². The zero-order chi connectivity index (χ0) is 15.5. The lowest BCUT2D eigenvalue weighted by Gasteiger charge is -2.22. The standard InChI is InChI=1S/C17H18FN3S/c1-12-7-6-10-21(2)20-16(18)15(12)14-11-22-17(19-14)13-8-4-3-5-9-13/h3-6,8-12,20H,7H2,1-2H3/b10-6-,16-15+. The third-order valence-electron chi connectivity index (χ3n) is 3.62.